The van der Waals surface area contributed by atoms with Crippen LogP contribution in [0.2, 0.25) is 0 Å². The van der Waals surface area contributed by atoms with Gasteiger partial charge in [0.15, 0.2) is 5.78 Å². The van der Waals surface area contributed by atoms with Crippen molar-refractivity contribution in [1.29, 1.82) is 0 Å². The number of epoxide rings is 1. The van der Waals surface area contributed by atoms with Gasteiger partial charge in [-0.1, -0.05) is 43.2 Å². The summed E-state index contributed by atoms with van der Waals surface area (Å²) in [6.45, 7) is 4.68. The standard InChI is InChI=1S/C26H36N4O6/c1-17(27-23(31)15-30-9-11-35-12-10-30)25(33)29-21(14-19-7-8-19)26(34)28-20(24(32)22-16-36-22)13-18-5-3-2-4-6-18/h2-6,17,19-22H,7-16H2,1H3,(H,27,31)(H,28,34)(H,29,33)/t17-,20-,21-,22+/m0/s1. The fourth-order valence-corrected chi connectivity index (χ4v) is 4.31. The summed E-state index contributed by atoms with van der Waals surface area (Å²) in [4.78, 5) is 53.4. The fourth-order valence-electron chi connectivity index (χ4n) is 4.31. The second-order valence-corrected chi connectivity index (χ2v) is 9.89. The highest BCUT2D eigenvalue weighted by atomic mass is 16.6. The maximum Gasteiger partial charge on any atom is 0.243 e. The van der Waals surface area contributed by atoms with Crippen molar-refractivity contribution in [2.75, 3.05) is 39.5 Å². The minimum atomic E-state index is -0.797. The number of nitrogens with zero attached hydrogens (tertiary/aromatic N) is 1. The van der Waals surface area contributed by atoms with E-state index < -0.39 is 36.0 Å². The Morgan fingerprint density at radius 1 is 0.972 bits per heavy atom. The Hall–Kier alpha value is -2.82. The van der Waals surface area contributed by atoms with Gasteiger partial charge in [-0.05, 0) is 31.2 Å². The third-order valence-corrected chi connectivity index (χ3v) is 6.73. The number of nitrogens with one attached hydrogen (secondary N) is 3. The number of amides is 3. The van der Waals surface area contributed by atoms with E-state index in [1.807, 2.05) is 35.2 Å². The Bertz CT molecular complexity index is 928. The predicted octanol–water partition coefficient (Wildman–Crippen LogP) is -0.196. The van der Waals surface area contributed by atoms with Crippen molar-refractivity contribution >= 4 is 23.5 Å². The molecule has 0 unspecified atom stereocenters. The Morgan fingerprint density at radius 2 is 1.64 bits per heavy atom. The first-order chi connectivity index (χ1) is 17.4. The van der Waals surface area contributed by atoms with E-state index in [-0.39, 0.29) is 18.2 Å². The molecule has 3 amide bonds. The van der Waals surface area contributed by atoms with Crippen molar-refractivity contribution in [2.45, 2.75) is 56.8 Å². The van der Waals surface area contributed by atoms with E-state index in [0.29, 0.717) is 51.7 Å². The first kappa shape index (κ1) is 26.2. The zero-order chi connectivity index (χ0) is 25.5. The number of rotatable bonds is 13. The number of Topliss-reactive ketones (excluding diaryl/α,β-unsaturated/α-hetero) is 1. The van der Waals surface area contributed by atoms with E-state index in [4.69, 9.17) is 9.47 Å². The van der Waals surface area contributed by atoms with Gasteiger partial charge < -0.3 is 25.4 Å². The van der Waals surface area contributed by atoms with Gasteiger partial charge in [0.05, 0.1) is 32.4 Å². The molecule has 0 radical (unpaired) electrons. The zero-order valence-corrected chi connectivity index (χ0v) is 20.7. The number of hydrogen-bond acceptors (Lipinski definition) is 7. The third kappa shape index (κ3) is 8.11. The number of carbonyl (C=O) groups is 4. The number of ether oxygens (including phenoxy) is 2. The van der Waals surface area contributed by atoms with Crippen molar-refractivity contribution in [2.24, 2.45) is 5.92 Å². The van der Waals surface area contributed by atoms with Crippen LogP contribution >= 0.6 is 0 Å². The summed E-state index contributed by atoms with van der Waals surface area (Å²) in [5.41, 5.74) is 0.927. The molecule has 2 aliphatic heterocycles. The van der Waals surface area contributed by atoms with E-state index in [9.17, 15) is 19.2 Å². The molecule has 1 saturated carbocycles. The van der Waals surface area contributed by atoms with Crippen molar-refractivity contribution in [3.05, 3.63) is 35.9 Å². The molecule has 2 heterocycles. The van der Waals surface area contributed by atoms with Crippen LogP contribution < -0.4 is 16.0 Å². The summed E-state index contributed by atoms with van der Waals surface area (Å²) in [5.74, 6) is -0.866. The monoisotopic (exact) mass is 500 g/mol. The van der Waals surface area contributed by atoms with Crippen LogP contribution in [0.1, 0.15) is 31.7 Å². The first-order valence-electron chi connectivity index (χ1n) is 12.8. The minimum Gasteiger partial charge on any atom is -0.379 e. The van der Waals surface area contributed by atoms with E-state index in [1.165, 1.54) is 0 Å². The third-order valence-electron chi connectivity index (χ3n) is 6.73. The largest absolute Gasteiger partial charge is 0.379 e. The topological polar surface area (TPSA) is 129 Å². The molecule has 36 heavy (non-hydrogen) atoms. The lowest BCUT2D eigenvalue weighted by molar-refractivity contribution is -0.133. The van der Waals surface area contributed by atoms with Crippen molar-refractivity contribution in [3.63, 3.8) is 0 Å². The summed E-state index contributed by atoms with van der Waals surface area (Å²) in [7, 11) is 0. The molecule has 10 nitrogen and oxygen atoms in total. The van der Waals surface area contributed by atoms with Crippen LogP contribution in [-0.2, 0) is 35.1 Å². The number of ketones is 1. The molecule has 2 saturated heterocycles. The normalized spacial score (nSPS) is 22.1. The Labute approximate surface area is 211 Å². The number of benzene rings is 1. The van der Waals surface area contributed by atoms with Gasteiger partial charge in [0.25, 0.3) is 0 Å². The Morgan fingerprint density at radius 3 is 2.28 bits per heavy atom. The summed E-state index contributed by atoms with van der Waals surface area (Å²) >= 11 is 0. The molecule has 1 aromatic carbocycles. The van der Waals surface area contributed by atoms with Crippen molar-refractivity contribution < 1.29 is 28.7 Å². The predicted molar refractivity (Wildman–Crippen MR) is 131 cm³/mol. The van der Waals surface area contributed by atoms with Gasteiger partial charge in [-0.15, -0.1) is 0 Å². The summed E-state index contributed by atoms with van der Waals surface area (Å²) in [6, 6.07) is 7.16. The van der Waals surface area contributed by atoms with Crippen LogP contribution in [0.4, 0.5) is 0 Å². The molecule has 0 bridgehead atoms. The summed E-state index contributed by atoms with van der Waals surface area (Å²) in [5, 5.41) is 8.40. The van der Waals surface area contributed by atoms with Crippen LogP contribution in [0.3, 0.4) is 0 Å². The van der Waals surface area contributed by atoms with E-state index in [0.717, 1.165) is 18.4 Å². The van der Waals surface area contributed by atoms with Gasteiger partial charge >= 0.3 is 0 Å². The zero-order valence-electron chi connectivity index (χ0n) is 20.7. The van der Waals surface area contributed by atoms with Crippen molar-refractivity contribution in [3.8, 4) is 0 Å². The second-order valence-electron chi connectivity index (χ2n) is 9.89. The highest BCUT2D eigenvalue weighted by Gasteiger charge is 2.39. The number of carbonyl (C=O) groups excluding carboxylic acids is 4. The van der Waals surface area contributed by atoms with E-state index in [1.54, 1.807) is 6.92 Å². The number of morpholine rings is 1. The van der Waals surface area contributed by atoms with Crippen LogP contribution in [0.25, 0.3) is 0 Å². The van der Waals surface area contributed by atoms with Gasteiger partial charge in [-0.25, -0.2) is 0 Å². The van der Waals surface area contributed by atoms with Crippen LogP contribution in [0.15, 0.2) is 30.3 Å². The molecule has 3 N–H and O–H groups in total. The second kappa shape index (κ2) is 12.4. The maximum atomic E-state index is 13.3. The summed E-state index contributed by atoms with van der Waals surface area (Å²) < 4.78 is 10.5. The smallest absolute Gasteiger partial charge is 0.243 e. The van der Waals surface area contributed by atoms with E-state index in [2.05, 4.69) is 16.0 Å². The maximum absolute atomic E-state index is 13.3. The quantitative estimate of drug-likeness (QED) is 0.320. The molecule has 1 aromatic rings. The lowest BCUT2D eigenvalue weighted by Crippen LogP contribution is -2.56. The van der Waals surface area contributed by atoms with Gasteiger partial charge in [0, 0.05) is 13.1 Å². The SMILES string of the molecule is C[C@H](NC(=O)CN1CCOCC1)C(=O)N[C@@H](CC1CC1)C(=O)N[C@@H](Cc1ccccc1)C(=O)[C@H]1CO1. The molecule has 3 fully saturated rings. The molecule has 1 aliphatic carbocycles. The lowest BCUT2D eigenvalue weighted by atomic mass is 9.99. The van der Waals surface area contributed by atoms with Crippen molar-refractivity contribution in [1.82, 2.24) is 20.9 Å². The van der Waals surface area contributed by atoms with Crippen LogP contribution in [-0.4, -0.2) is 92.1 Å². The number of hydrogen-bond donors (Lipinski definition) is 3. The Balaban J connectivity index is 1.33. The van der Waals surface area contributed by atoms with Gasteiger partial charge in [0.1, 0.15) is 18.2 Å². The van der Waals surface area contributed by atoms with E-state index >= 15 is 0 Å². The molecule has 4 rings (SSSR count). The first-order valence-corrected chi connectivity index (χ1v) is 12.8. The molecule has 3 aliphatic rings. The van der Waals surface area contributed by atoms with Gasteiger partial charge in [-0.3, -0.25) is 24.1 Å². The highest BCUT2D eigenvalue weighted by molar-refractivity contribution is 5.96. The molecule has 0 spiro atoms. The minimum absolute atomic E-state index is 0.160. The Kier molecular flexibility index (Phi) is 9.06. The molecular formula is C26H36N4O6. The average molecular weight is 501 g/mol. The molecule has 0 aromatic heterocycles. The van der Waals surface area contributed by atoms with Crippen LogP contribution in [0.5, 0.6) is 0 Å². The lowest BCUT2D eigenvalue weighted by Gasteiger charge is -2.27. The molecule has 196 valence electrons. The molecular weight excluding hydrogens is 464 g/mol. The average Bonchev–Trinajstić information content (AvgIpc) is 3.79. The van der Waals surface area contributed by atoms with Crippen LogP contribution in [0, 0.1) is 5.92 Å². The summed E-state index contributed by atoms with van der Waals surface area (Å²) in [6.07, 6.45) is 2.38. The molecule has 4 atom stereocenters. The fraction of sp³-hybridized carbons (Fsp3) is 0.615. The molecule has 10 heteroatoms. The van der Waals surface area contributed by atoms with Gasteiger partial charge in [-0.2, -0.15) is 0 Å². The van der Waals surface area contributed by atoms with Gasteiger partial charge in [0.2, 0.25) is 17.7 Å². The highest BCUT2D eigenvalue weighted by Crippen LogP contribution is 2.33.